The van der Waals surface area contributed by atoms with Crippen molar-refractivity contribution < 1.29 is 14.7 Å². The molecule has 1 fully saturated rings. The fourth-order valence-electron chi connectivity index (χ4n) is 3.07. The number of hydrogen-bond acceptors (Lipinski definition) is 3. The second-order valence-electron chi connectivity index (χ2n) is 5.95. The van der Waals surface area contributed by atoms with Crippen LogP contribution in [0, 0.1) is 11.8 Å². The molecule has 2 aliphatic rings. The maximum atomic E-state index is 12.7. The normalized spacial score (nSPS) is 19.6. The Morgan fingerprint density at radius 1 is 1.38 bits per heavy atom. The van der Waals surface area contributed by atoms with Gasteiger partial charge in [0.2, 0.25) is 5.91 Å². The van der Waals surface area contributed by atoms with E-state index >= 15 is 0 Å². The standard InChI is InChI=1S/C16H20N2O3/c1-10(13-8-17-9-13)15(19)18-6-2-3-11-7-12(16(20)21)4-5-14(11)18/h4-5,7,10,13,17H,2-3,6,8-9H2,1H3,(H,20,21). The van der Waals surface area contributed by atoms with Crippen molar-refractivity contribution >= 4 is 17.6 Å². The smallest absolute Gasteiger partial charge is 0.335 e. The summed E-state index contributed by atoms with van der Waals surface area (Å²) >= 11 is 0. The Morgan fingerprint density at radius 2 is 2.14 bits per heavy atom. The van der Waals surface area contributed by atoms with Crippen molar-refractivity contribution in [2.45, 2.75) is 19.8 Å². The molecular weight excluding hydrogens is 268 g/mol. The van der Waals surface area contributed by atoms with E-state index in [4.69, 9.17) is 5.11 Å². The van der Waals surface area contributed by atoms with Gasteiger partial charge in [-0.15, -0.1) is 0 Å². The molecule has 5 nitrogen and oxygen atoms in total. The van der Waals surface area contributed by atoms with Gasteiger partial charge in [-0.1, -0.05) is 6.92 Å². The highest BCUT2D eigenvalue weighted by molar-refractivity contribution is 5.97. The fraction of sp³-hybridized carbons (Fsp3) is 0.500. The number of aryl methyl sites for hydroxylation is 1. The Bertz CT molecular complexity index is 581. The zero-order chi connectivity index (χ0) is 15.0. The number of benzene rings is 1. The van der Waals surface area contributed by atoms with Gasteiger partial charge in [-0.25, -0.2) is 4.79 Å². The molecule has 0 aromatic heterocycles. The summed E-state index contributed by atoms with van der Waals surface area (Å²) in [6.45, 7) is 4.54. The maximum Gasteiger partial charge on any atom is 0.335 e. The molecule has 2 heterocycles. The third-order valence-electron chi connectivity index (χ3n) is 4.62. The van der Waals surface area contributed by atoms with Crippen LogP contribution in [0.15, 0.2) is 18.2 Å². The quantitative estimate of drug-likeness (QED) is 0.885. The number of anilines is 1. The van der Waals surface area contributed by atoms with Gasteiger partial charge in [0.05, 0.1) is 5.56 Å². The Balaban J connectivity index is 1.86. The van der Waals surface area contributed by atoms with Crippen LogP contribution in [0.1, 0.15) is 29.3 Å². The van der Waals surface area contributed by atoms with Crippen molar-refractivity contribution in [2.75, 3.05) is 24.5 Å². The van der Waals surface area contributed by atoms with Crippen LogP contribution in [0.5, 0.6) is 0 Å². The lowest BCUT2D eigenvalue weighted by Gasteiger charge is -2.37. The SMILES string of the molecule is CC(C(=O)N1CCCc2cc(C(=O)O)ccc21)C1CNC1. The molecule has 1 amide bonds. The monoisotopic (exact) mass is 288 g/mol. The molecule has 21 heavy (non-hydrogen) atoms. The van der Waals surface area contributed by atoms with E-state index in [1.165, 1.54) is 0 Å². The summed E-state index contributed by atoms with van der Waals surface area (Å²) in [7, 11) is 0. The van der Waals surface area contributed by atoms with E-state index in [0.717, 1.165) is 43.7 Å². The molecule has 0 saturated carbocycles. The lowest BCUT2D eigenvalue weighted by molar-refractivity contribution is -0.124. The predicted molar refractivity (Wildman–Crippen MR) is 79.6 cm³/mol. The minimum atomic E-state index is -0.921. The summed E-state index contributed by atoms with van der Waals surface area (Å²) in [5, 5.41) is 12.3. The van der Waals surface area contributed by atoms with E-state index in [0.29, 0.717) is 11.5 Å². The molecule has 112 valence electrons. The predicted octanol–water partition coefficient (Wildman–Crippen LogP) is 1.52. The molecule has 2 aliphatic heterocycles. The van der Waals surface area contributed by atoms with Crippen LogP contribution in [-0.2, 0) is 11.2 Å². The van der Waals surface area contributed by atoms with Gasteiger partial charge in [-0.05, 0) is 55.6 Å². The lowest BCUT2D eigenvalue weighted by Crippen LogP contribution is -2.51. The minimum Gasteiger partial charge on any atom is -0.478 e. The van der Waals surface area contributed by atoms with Crippen LogP contribution >= 0.6 is 0 Å². The number of rotatable bonds is 3. The molecule has 0 radical (unpaired) electrons. The van der Waals surface area contributed by atoms with E-state index < -0.39 is 5.97 Å². The summed E-state index contributed by atoms with van der Waals surface area (Å²) in [5.74, 6) is -0.335. The highest BCUT2D eigenvalue weighted by Gasteiger charge is 2.33. The number of aromatic carboxylic acids is 1. The first-order valence-corrected chi connectivity index (χ1v) is 7.46. The van der Waals surface area contributed by atoms with Gasteiger partial charge < -0.3 is 15.3 Å². The first kappa shape index (κ1) is 14.1. The average Bonchev–Trinajstić information content (AvgIpc) is 2.43. The molecule has 0 aliphatic carbocycles. The van der Waals surface area contributed by atoms with Gasteiger partial charge >= 0.3 is 5.97 Å². The highest BCUT2D eigenvalue weighted by atomic mass is 16.4. The minimum absolute atomic E-state index is 0.0105. The average molecular weight is 288 g/mol. The molecule has 2 N–H and O–H groups in total. The van der Waals surface area contributed by atoms with Gasteiger partial charge in [-0.3, -0.25) is 4.79 Å². The number of hydrogen-bond donors (Lipinski definition) is 2. The third-order valence-corrected chi connectivity index (χ3v) is 4.62. The molecular formula is C16H20N2O3. The fourth-order valence-corrected chi connectivity index (χ4v) is 3.07. The molecule has 0 bridgehead atoms. The van der Waals surface area contributed by atoms with Crippen molar-refractivity contribution in [3.05, 3.63) is 29.3 Å². The van der Waals surface area contributed by atoms with E-state index in [9.17, 15) is 9.59 Å². The molecule has 1 unspecified atom stereocenters. The van der Waals surface area contributed by atoms with E-state index in [1.54, 1.807) is 18.2 Å². The number of carboxylic acids is 1. The van der Waals surface area contributed by atoms with Crippen molar-refractivity contribution in [1.82, 2.24) is 5.32 Å². The molecule has 0 spiro atoms. The highest BCUT2D eigenvalue weighted by Crippen LogP contribution is 2.31. The number of amides is 1. The van der Waals surface area contributed by atoms with E-state index in [1.807, 2.05) is 11.8 Å². The Hall–Kier alpha value is -1.88. The van der Waals surface area contributed by atoms with Crippen LogP contribution < -0.4 is 10.2 Å². The number of nitrogens with one attached hydrogen (secondary N) is 1. The topological polar surface area (TPSA) is 69.6 Å². The molecule has 3 rings (SSSR count). The second kappa shape index (κ2) is 5.48. The first-order chi connectivity index (χ1) is 10.1. The van der Waals surface area contributed by atoms with Gasteiger partial charge in [0.15, 0.2) is 0 Å². The number of carbonyl (C=O) groups excluding carboxylic acids is 1. The number of nitrogens with zero attached hydrogens (tertiary/aromatic N) is 1. The van der Waals surface area contributed by atoms with Gasteiger partial charge in [0, 0.05) is 18.2 Å². The van der Waals surface area contributed by atoms with Crippen LogP contribution in [-0.4, -0.2) is 36.6 Å². The van der Waals surface area contributed by atoms with E-state index in [-0.39, 0.29) is 11.8 Å². The molecule has 5 heteroatoms. The van der Waals surface area contributed by atoms with Gasteiger partial charge in [0.25, 0.3) is 0 Å². The van der Waals surface area contributed by atoms with E-state index in [2.05, 4.69) is 5.32 Å². The van der Waals surface area contributed by atoms with Crippen molar-refractivity contribution in [3.63, 3.8) is 0 Å². The summed E-state index contributed by atoms with van der Waals surface area (Å²) in [6.07, 6.45) is 1.72. The molecule has 1 atom stereocenters. The first-order valence-electron chi connectivity index (χ1n) is 7.46. The van der Waals surface area contributed by atoms with Crippen molar-refractivity contribution in [1.29, 1.82) is 0 Å². The van der Waals surface area contributed by atoms with Crippen molar-refractivity contribution in [2.24, 2.45) is 11.8 Å². The van der Waals surface area contributed by atoms with Crippen LogP contribution in [0.4, 0.5) is 5.69 Å². The largest absolute Gasteiger partial charge is 0.478 e. The van der Waals surface area contributed by atoms with Gasteiger partial charge in [0.1, 0.15) is 0 Å². The zero-order valence-electron chi connectivity index (χ0n) is 12.1. The molecule has 1 aromatic rings. The summed E-state index contributed by atoms with van der Waals surface area (Å²) in [4.78, 5) is 25.6. The number of fused-ring (bicyclic) bond motifs is 1. The number of carboxylic acid groups (broad SMARTS) is 1. The molecule has 1 saturated heterocycles. The van der Waals surface area contributed by atoms with Crippen molar-refractivity contribution in [3.8, 4) is 0 Å². The van der Waals surface area contributed by atoms with Crippen LogP contribution in [0.3, 0.4) is 0 Å². The lowest BCUT2D eigenvalue weighted by atomic mass is 9.87. The summed E-state index contributed by atoms with van der Waals surface area (Å²) < 4.78 is 0. The van der Waals surface area contributed by atoms with Gasteiger partial charge in [-0.2, -0.15) is 0 Å². The Morgan fingerprint density at radius 3 is 2.76 bits per heavy atom. The third kappa shape index (κ3) is 2.53. The second-order valence-corrected chi connectivity index (χ2v) is 5.95. The van der Waals surface area contributed by atoms with Crippen LogP contribution in [0.2, 0.25) is 0 Å². The maximum absolute atomic E-state index is 12.7. The zero-order valence-corrected chi connectivity index (χ0v) is 12.1. The summed E-state index contributed by atoms with van der Waals surface area (Å²) in [5.41, 5.74) is 2.14. The van der Waals surface area contributed by atoms with Crippen LogP contribution in [0.25, 0.3) is 0 Å². The molecule has 1 aromatic carbocycles. The Labute approximate surface area is 123 Å². The number of carbonyl (C=O) groups is 2. The summed E-state index contributed by atoms with van der Waals surface area (Å²) in [6, 6.07) is 5.07. The Kier molecular flexibility index (Phi) is 3.68.